The SMILES string of the molecule is CNC(=O)CSc1nnc(-c2cc(-c3ccccc3)nc3ccccc23)n1-c1ccccc1. The van der Waals surface area contributed by atoms with E-state index in [0.29, 0.717) is 11.0 Å². The number of nitrogens with zero attached hydrogens (tertiary/aromatic N) is 4. The maximum atomic E-state index is 11.9. The summed E-state index contributed by atoms with van der Waals surface area (Å²) in [4.78, 5) is 16.8. The molecule has 0 radical (unpaired) electrons. The topological polar surface area (TPSA) is 72.7 Å². The molecule has 1 amide bonds. The van der Waals surface area contributed by atoms with Crippen molar-refractivity contribution in [3.63, 3.8) is 0 Å². The number of para-hydroxylation sites is 2. The normalized spacial score (nSPS) is 10.9. The molecule has 5 aromatic rings. The van der Waals surface area contributed by atoms with Gasteiger partial charge in [-0.05, 0) is 24.3 Å². The fourth-order valence-corrected chi connectivity index (χ4v) is 4.49. The zero-order chi connectivity index (χ0) is 22.6. The van der Waals surface area contributed by atoms with Crippen LogP contribution in [0, 0.1) is 0 Å². The van der Waals surface area contributed by atoms with Crippen molar-refractivity contribution in [3.05, 3.63) is 91.0 Å². The number of aromatic nitrogens is 4. The molecule has 1 N–H and O–H groups in total. The lowest BCUT2D eigenvalue weighted by Crippen LogP contribution is -2.20. The Bertz CT molecular complexity index is 1420. The van der Waals surface area contributed by atoms with Crippen LogP contribution in [0.15, 0.2) is 96.2 Å². The zero-order valence-electron chi connectivity index (χ0n) is 18.0. The minimum absolute atomic E-state index is 0.0649. The van der Waals surface area contributed by atoms with Crippen LogP contribution >= 0.6 is 11.8 Å². The van der Waals surface area contributed by atoms with Gasteiger partial charge in [0.05, 0.1) is 17.0 Å². The predicted octanol–water partition coefficient (Wildman–Crippen LogP) is 4.99. The highest BCUT2D eigenvalue weighted by Gasteiger charge is 2.20. The summed E-state index contributed by atoms with van der Waals surface area (Å²) in [6.07, 6.45) is 0. The lowest BCUT2D eigenvalue weighted by molar-refractivity contribution is -0.118. The van der Waals surface area contributed by atoms with E-state index in [1.54, 1.807) is 7.05 Å². The highest BCUT2D eigenvalue weighted by Crippen LogP contribution is 2.34. The number of nitrogens with one attached hydrogen (secondary N) is 1. The smallest absolute Gasteiger partial charge is 0.230 e. The number of carbonyl (C=O) groups excluding carboxylic acids is 1. The van der Waals surface area contributed by atoms with Gasteiger partial charge < -0.3 is 5.32 Å². The minimum Gasteiger partial charge on any atom is -0.358 e. The lowest BCUT2D eigenvalue weighted by atomic mass is 10.0. The summed E-state index contributed by atoms with van der Waals surface area (Å²) in [7, 11) is 1.63. The molecule has 2 aromatic heterocycles. The molecular formula is C26H21N5OS. The monoisotopic (exact) mass is 451 g/mol. The van der Waals surface area contributed by atoms with Gasteiger partial charge in [-0.1, -0.05) is 78.5 Å². The van der Waals surface area contributed by atoms with Gasteiger partial charge in [0.1, 0.15) is 0 Å². The Morgan fingerprint density at radius 2 is 1.61 bits per heavy atom. The number of hydrogen-bond donors (Lipinski definition) is 1. The Labute approximate surface area is 195 Å². The summed E-state index contributed by atoms with van der Waals surface area (Å²) < 4.78 is 2.00. The molecule has 0 fully saturated rings. The zero-order valence-corrected chi connectivity index (χ0v) is 18.8. The number of hydrogen-bond acceptors (Lipinski definition) is 5. The quantitative estimate of drug-likeness (QED) is 0.368. The van der Waals surface area contributed by atoms with Crippen LogP contribution < -0.4 is 5.32 Å². The predicted molar refractivity (Wildman–Crippen MR) is 132 cm³/mol. The average molecular weight is 452 g/mol. The summed E-state index contributed by atoms with van der Waals surface area (Å²) in [5.74, 6) is 0.898. The van der Waals surface area contributed by atoms with E-state index in [1.165, 1.54) is 11.8 Å². The van der Waals surface area contributed by atoms with Gasteiger partial charge >= 0.3 is 0 Å². The molecule has 2 heterocycles. The highest BCUT2D eigenvalue weighted by atomic mass is 32.2. The first kappa shape index (κ1) is 20.9. The van der Waals surface area contributed by atoms with Gasteiger partial charge in [-0.3, -0.25) is 9.36 Å². The molecule has 0 aliphatic carbocycles. The van der Waals surface area contributed by atoms with Crippen molar-refractivity contribution >= 4 is 28.6 Å². The molecule has 0 aliphatic heterocycles. The molecule has 162 valence electrons. The number of carbonyl (C=O) groups is 1. The van der Waals surface area contributed by atoms with Crippen LogP contribution in [0.5, 0.6) is 0 Å². The molecule has 0 unspecified atom stereocenters. The number of benzene rings is 3. The molecule has 7 heteroatoms. The van der Waals surface area contributed by atoms with Crippen molar-refractivity contribution in [2.75, 3.05) is 12.8 Å². The Kier molecular flexibility index (Phi) is 5.87. The van der Waals surface area contributed by atoms with Crippen LogP contribution in [-0.2, 0) is 4.79 Å². The molecular weight excluding hydrogens is 430 g/mol. The van der Waals surface area contributed by atoms with E-state index >= 15 is 0 Å². The Balaban J connectivity index is 1.73. The summed E-state index contributed by atoms with van der Waals surface area (Å²) in [5, 5.41) is 13.3. The summed E-state index contributed by atoms with van der Waals surface area (Å²) in [6.45, 7) is 0. The van der Waals surface area contributed by atoms with Crippen LogP contribution in [-0.4, -0.2) is 38.5 Å². The van der Waals surface area contributed by atoms with Crippen molar-refractivity contribution < 1.29 is 4.79 Å². The number of fused-ring (bicyclic) bond motifs is 1. The number of pyridine rings is 1. The second kappa shape index (κ2) is 9.26. The van der Waals surface area contributed by atoms with Gasteiger partial charge in [-0.2, -0.15) is 0 Å². The van der Waals surface area contributed by atoms with Gasteiger partial charge in [-0.25, -0.2) is 4.98 Å². The first-order valence-electron chi connectivity index (χ1n) is 10.5. The maximum Gasteiger partial charge on any atom is 0.230 e. The van der Waals surface area contributed by atoms with E-state index in [-0.39, 0.29) is 11.7 Å². The fourth-order valence-electron chi connectivity index (χ4n) is 3.67. The van der Waals surface area contributed by atoms with E-state index in [2.05, 4.69) is 21.6 Å². The third-order valence-electron chi connectivity index (χ3n) is 5.29. The van der Waals surface area contributed by atoms with Crippen molar-refractivity contribution in [1.29, 1.82) is 0 Å². The summed E-state index contributed by atoms with van der Waals surface area (Å²) in [5.41, 5.74) is 4.65. The number of amides is 1. The third-order valence-corrected chi connectivity index (χ3v) is 6.21. The van der Waals surface area contributed by atoms with Gasteiger partial charge in [0.2, 0.25) is 5.91 Å². The average Bonchev–Trinajstić information content (AvgIpc) is 3.31. The Morgan fingerprint density at radius 3 is 2.36 bits per heavy atom. The van der Waals surface area contributed by atoms with Crippen LogP contribution in [0.1, 0.15) is 0 Å². The molecule has 0 aliphatic rings. The van der Waals surface area contributed by atoms with E-state index in [0.717, 1.165) is 33.4 Å². The molecule has 0 saturated heterocycles. The first-order chi connectivity index (χ1) is 16.2. The van der Waals surface area contributed by atoms with Crippen LogP contribution in [0.3, 0.4) is 0 Å². The summed E-state index contributed by atoms with van der Waals surface area (Å²) >= 11 is 1.36. The minimum atomic E-state index is -0.0649. The fraction of sp³-hybridized carbons (Fsp3) is 0.0769. The van der Waals surface area contributed by atoms with Crippen molar-refractivity contribution in [1.82, 2.24) is 25.1 Å². The third kappa shape index (κ3) is 4.23. The number of rotatable bonds is 6. The van der Waals surface area contributed by atoms with Crippen molar-refractivity contribution in [3.8, 4) is 28.3 Å². The van der Waals surface area contributed by atoms with Crippen molar-refractivity contribution in [2.24, 2.45) is 0 Å². The van der Waals surface area contributed by atoms with E-state index < -0.39 is 0 Å². The van der Waals surface area contributed by atoms with Crippen LogP contribution in [0.2, 0.25) is 0 Å². The molecule has 0 spiro atoms. The largest absolute Gasteiger partial charge is 0.358 e. The van der Waals surface area contributed by atoms with E-state index in [9.17, 15) is 4.79 Å². The molecule has 0 atom stereocenters. The summed E-state index contributed by atoms with van der Waals surface area (Å²) in [6, 6.07) is 30.2. The van der Waals surface area contributed by atoms with E-state index in [4.69, 9.17) is 4.98 Å². The second-order valence-electron chi connectivity index (χ2n) is 7.38. The molecule has 33 heavy (non-hydrogen) atoms. The Morgan fingerprint density at radius 1 is 0.909 bits per heavy atom. The first-order valence-corrected chi connectivity index (χ1v) is 11.5. The molecule has 3 aromatic carbocycles. The van der Waals surface area contributed by atoms with Crippen LogP contribution in [0.25, 0.3) is 39.2 Å². The van der Waals surface area contributed by atoms with Gasteiger partial charge in [0.25, 0.3) is 0 Å². The second-order valence-corrected chi connectivity index (χ2v) is 8.32. The molecule has 0 saturated carbocycles. The van der Waals surface area contributed by atoms with Gasteiger partial charge in [0, 0.05) is 29.2 Å². The molecule has 5 rings (SSSR count). The standard InChI is InChI=1S/C26H21N5OS/c1-27-24(32)17-33-26-30-29-25(31(26)19-12-6-3-7-13-19)21-16-23(18-10-4-2-5-11-18)28-22-15-9-8-14-20(21)22/h2-16H,17H2,1H3,(H,27,32). The van der Waals surface area contributed by atoms with Gasteiger partial charge in [0.15, 0.2) is 11.0 Å². The number of thioether (sulfide) groups is 1. The molecule has 0 bridgehead atoms. The Hall–Kier alpha value is -3.97. The van der Waals surface area contributed by atoms with Crippen molar-refractivity contribution in [2.45, 2.75) is 5.16 Å². The molecule has 6 nitrogen and oxygen atoms in total. The van der Waals surface area contributed by atoms with Crippen LogP contribution in [0.4, 0.5) is 0 Å². The lowest BCUT2D eigenvalue weighted by Gasteiger charge is -2.13. The highest BCUT2D eigenvalue weighted by molar-refractivity contribution is 7.99. The van der Waals surface area contributed by atoms with Gasteiger partial charge in [-0.15, -0.1) is 10.2 Å². The maximum absolute atomic E-state index is 11.9. The van der Waals surface area contributed by atoms with E-state index in [1.807, 2.05) is 89.5 Å².